The summed E-state index contributed by atoms with van der Waals surface area (Å²) in [7, 11) is 0. The Morgan fingerprint density at radius 1 is 1.30 bits per heavy atom. The van der Waals surface area contributed by atoms with Crippen molar-refractivity contribution in [1.82, 2.24) is 10.6 Å². The molecule has 1 saturated heterocycles. The predicted molar refractivity (Wildman–Crippen MR) is 77.4 cm³/mol. The monoisotopic (exact) mass is 319 g/mol. The summed E-state index contributed by atoms with van der Waals surface area (Å²) < 4.78 is 10.7. The number of hydrogen-bond donors (Lipinski definition) is 2. The van der Waals surface area contributed by atoms with Crippen molar-refractivity contribution in [2.75, 3.05) is 6.61 Å². The molecule has 1 atom stereocenters. The van der Waals surface area contributed by atoms with Gasteiger partial charge in [-0.3, -0.25) is 10.1 Å². The van der Waals surface area contributed by atoms with Crippen molar-refractivity contribution in [2.24, 2.45) is 0 Å². The van der Waals surface area contributed by atoms with Gasteiger partial charge in [0.1, 0.15) is 11.8 Å². The second kappa shape index (κ2) is 6.82. The molecule has 1 aromatic carbocycles. The number of benzene rings is 1. The summed E-state index contributed by atoms with van der Waals surface area (Å²) in [6.07, 6.45) is 0.327. The number of carboxylic acids is 1. The molecule has 1 fully saturated rings. The molecule has 0 unspecified atom stereocenters. The molecule has 1 aromatic rings. The van der Waals surface area contributed by atoms with Crippen molar-refractivity contribution < 1.29 is 29.0 Å². The van der Waals surface area contributed by atoms with E-state index in [4.69, 9.17) is 9.47 Å². The molecule has 1 heterocycles. The maximum absolute atomic E-state index is 11.5. The summed E-state index contributed by atoms with van der Waals surface area (Å²) in [4.78, 5) is 33.3. The number of aliphatic carboxylic acids is 1. The highest BCUT2D eigenvalue weighted by Crippen LogP contribution is 2.30. The molecular formula is C15H15N2O6-. The van der Waals surface area contributed by atoms with Crippen LogP contribution in [0.4, 0.5) is 4.79 Å². The molecule has 1 aliphatic rings. The fraction of sp³-hybridized carbons (Fsp3) is 0.267. The van der Waals surface area contributed by atoms with Crippen LogP contribution >= 0.6 is 0 Å². The van der Waals surface area contributed by atoms with E-state index in [0.29, 0.717) is 17.9 Å². The second-order valence-electron chi connectivity index (χ2n) is 4.68. The maximum atomic E-state index is 11.5. The van der Waals surface area contributed by atoms with Gasteiger partial charge in [0.2, 0.25) is 0 Å². The van der Waals surface area contributed by atoms with E-state index in [2.05, 4.69) is 10.6 Å². The Balaban J connectivity index is 2.28. The first kappa shape index (κ1) is 16.3. The lowest BCUT2D eigenvalue weighted by molar-refractivity contribution is -0.312. The molecule has 0 bridgehead atoms. The normalized spacial score (nSPS) is 16.7. The smallest absolute Gasteiger partial charge is 0.326 e. The molecule has 23 heavy (non-hydrogen) atoms. The van der Waals surface area contributed by atoms with Gasteiger partial charge in [-0.1, -0.05) is 6.07 Å². The first-order valence-corrected chi connectivity index (χ1v) is 6.89. The highest BCUT2D eigenvalue weighted by Gasteiger charge is 2.23. The van der Waals surface area contributed by atoms with Crippen LogP contribution in [-0.4, -0.2) is 30.6 Å². The molecule has 0 radical (unpaired) electrons. The zero-order valence-electron chi connectivity index (χ0n) is 12.5. The number of amides is 3. The Morgan fingerprint density at radius 2 is 2.04 bits per heavy atom. The van der Waals surface area contributed by atoms with Crippen LogP contribution in [0.1, 0.15) is 19.4 Å². The van der Waals surface area contributed by atoms with Gasteiger partial charge >= 0.3 is 6.03 Å². The SMILES string of the molecule is CCOc1cc(/C=C2/NC(=O)NC2=O)ccc1O[C@@H](C)C(=O)[O-]. The lowest BCUT2D eigenvalue weighted by Crippen LogP contribution is -2.37. The molecule has 0 saturated carbocycles. The van der Waals surface area contributed by atoms with Gasteiger partial charge < -0.3 is 24.7 Å². The summed E-state index contributed by atoms with van der Waals surface area (Å²) in [6, 6.07) is 4.11. The maximum Gasteiger partial charge on any atom is 0.326 e. The molecule has 8 heteroatoms. The predicted octanol–water partition coefficient (Wildman–Crippen LogP) is -0.217. The van der Waals surface area contributed by atoms with Gasteiger partial charge in [0, 0.05) is 0 Å². The van der Waals surface area contributed by atoms with Crippen LogP contribution in [0, 0.1) is 0 Å². The molecule has 8 nitrogen and oxygen atoms in total. The number of rotatable bonds is 6. The standard InChI is InChI=1S/C15H16N2O6/c1-3-22-12-7-9(6-10-13(18)17-15(21)16-10)4-5-11(12)23-8(2)14(19)20/h4-8H,3H2,1-2H3,(H,19,20)(H2,16,17,18,21)/p-1/b10-6+/t8-/m0/s1. The Morgan fingerprint density at radius 3 is 2.61 bits per heavy atom. The van der Waals surface area contributed by atoms with Crippen molar-refractivity contribution in [3.05, 3.63) is 29.5 Å². The van der Waals surface area contributed by atoms with E-state index < -0.39 is 24.0 Å². The third-order valence-corrected chi connectivity index (χ3v) is 2.93. The van der Waals surface area contributed by atoms with Crippen LogP contribution in [0.2, 0.25) is 0 Å². The Kier molecular flexibility index (Phi) is 4.85. The molecule has 122 valence electrons. The molecular weight excluding hydrogens is 304 g/mol. The van der Waals surface area contributed by atoms with Gasteiger partial charge in [0.25, 0.3) is 5.91 Å². The van der Waals surface area contributed by atoms with Crippen LogP contribution in [0.25, 0.3) is 6.08 Å². The van der Waals surface area contributed by atoms with Crippen LogP contribution in [-0.2, 0) is 9.59 Å². The fourth-order valence-corrected chi connectivity index (χ4v) is 1.87. The number of carbonyl (C=O) groups excluding carboxylic acids is 3. The molecule has 2 N–H and O–H groups in total. The van der Waals surface area contributed by atoms with Crippen molar-refractivity contribution >= 4 is 24.0 Å². The summed E-state index contributed by atoms with van der Waals surface area (Å²) in [5.74, 6) is -1.31. The average molecular weight is 319 g/mol. The minimum Gasteiger partial charge on any atom is -0.546 e. The number of nitrogens with one attached hydrogen (secondary N) is 2. The minimum absolute atomic E-state index is 0.106. The molecule has 0 spiro atoms. The largest absolute Gasteiger partial charge is 0.546 e. The number of urea groups is 1. The molecule has 3 amide bonds. The van der Waals surface area contributed by atoms with E-state index in [9.17, 15) is 19.5 Å². The van der Waals surface area contributed by atoms with E-state index in [1.807, 2.05) is 0 Å². The average Bonchev–Trinajstić information content (AvgIpc) is 2.79. The Bertz CT molecular complexity index is 683. The topological polar surface area (TPSA) is 117 Å². The van der Waals surface area contributed by atoms with E-state index in [1.165, 1.54) is 19.1 Å². The first-order valence-electron chi connectivity index (χ1n) is 6.89. The zero-order valence-corrected chi connectivity index (χ0v) is 12.5. The number of carboxylic acid groups (broad SMARTS) is 1. The number of imide groups is 1. The van der Waals surface area contributed by atoms with E-state index >= 15 is 0 Å². The van der Waals surface area contributed by atoms with Crippen molar-refractivity contribution in [3.63, 3.8) is 0 Å². The summed E-state index contributed by atoms with van der Waals surface area (Å²) in [5.41, 5.74) is 0.684. The highest BCUT2D eigenvalue weighted by atomic mass is 16.5. The number of hydrogen-bond acceptors (Lipinski definition) is 6. The van der Waals surface area contributed by atoms with Crippen molar-refractivity contribution in [3.8, 4) is 11.5 Å². The van der Waals surface area contributed by atoms with Gasteiger partial charge in [0.15, 0.2) is 11.5 Å². The van der Waals surface area contributed by atoms with Crippen LogP contribution < -0.4 is 25.2 Å². The van der Waals surface area contributed by atoms with E-state index in [0.717, 1.165) is 0 Å². The number of ether oxygens (including phenoxy) is 2. The third-order valence-electron chi connectivity index (χ3n) is 2.93. The third kappa shape index (κ3) is 4.00. The lowest BCUT2D eigenvalue weighted by atomic mass is 10.1. The lowest BCUT2D eigenvalue weighted by Gasteiger charge is -2.18. The molecule has 0 aliphatic carbocycles. The number of carbonyl (C=O) groups is 3. The summed E-state index contributed by atoms with van der Waals surface area (Å²) >= 11 is 0. The van der Waals surface area contributed by atoms with Gasteiger partial charge in [-0.2, -0.15) is 0 Å². The zero-order chi connectivity index (χ0) is 17.0. The summed E-state index contributed by atoms with van der Waals surface area (Å²) in [6.45, 7) is 3.45. The second-order valence-corrected chi connectivity index (χ2v) is 4.68. The highest BCUT2D eigenvalue weighted by molar-refractivity contribution is 6.14. The Hall–Kier alpha value is -3.03. The van der Waals surface area contributed by atoms with Crippen LogP contribution in [0.15, 0.2) is 23.9 Å². The summed E-state index contributed by atoms with van der Waals surface area (Å²) in [5, 5.41) is 15.2. The van der Waals surface area contributed by atoms with Gasteiger partial charge in [-0.05, 0) is 37.6 Å². The molecule has 1 aliphatic heterocycles. The Labute approximate surface area is 132 Å². The van der Waals surface area contributed by atoms with Gasteiger partial charge in [-0.15, -0.1) is 0 Å². The molecule has 0 aromatic heterocycles. The van der Waals surface area contributed by atoms with Gasteiger partial charge in [0.05, 0.1) is 12.6 Å². The molecule has 2 rings (SSSR count). The van der Waals surface area contributed by atoms with Crippen LogP contribution in [0.5, 0.6) is 11.5 Å². The van der Waals surface area contributed by atoms with E-state index in [1.54, 1.807) is 19.1 Å². The van der Waals surface area contributed by atoms with Crippen molar-refractivity contribution in [1.29, 1.82) is 0 Å². The first-order chi connectivity index (χ1) is 10.9. The van der Waals surface area contributed by atoms with E-state index in [-0.39, 0.29) is 11.4 Å². The quantitative estimate of drug-likeness (QED) is 0.553. The minimum atomic E-state index is -1.34. The van der Waals surface area contributed by atoms with Gasteiger partial charge in [-0.25, -0.2) is 4.79 Å². The fourth-order valence-electron chi connectivity index (χ4n) is 1.87. The van der Waals surface area contributed by atoms with Crippen molar-refractivity contribution in [2.45, 2.75) is 20.0 Å². The van der Waals surface area contributed by atoms with Crippen LogP contribution in [0.3, 0.4) is 0 Å².